The molecule has 134 valence electrons. The smallest absolute Gasteiger partial charge is 0.282 e. The monoisotopic (exact) mass is 379 g/mol. The summed E-state index contributed by atoms with van der Waals surface area (Å²) in [7, 11) is 1.45. The average molecular weight is 380 g/mol. The molecule has 8 heteroatoms. The van der Waals surface area contributed by atoms with Gasteiger partial charge in [-0.3, -0.25) is 9.48 Å². The lowest BCUT2D eigenvalue weighted by atomic mass is 10.0. The number of amides is 1. The van der Waals surface area contributed by atoms with Gasteiger partial charge in [0.25, 0.3) is 12.3 Å². The summed E-state index contributed by atoms with van der Waals surface area (Å²) in [5, 5.41) is 6.18. The molecule has 1 amide bonds. The highest BCUT2D eigenvalue weighted by atomic mass is 35.5. The first kappa shape index (κ1) is 18.0. The third kappa shape index (κ3) is 3.57. The van der Waals surface area contributed by atoms with Gasteiger partial charge in [0.1, 0.15) is 11.5 Å². The highest BCUT2D eigenvalue weighted by Gasteiger charge is 2.23. The van der Waals surface area contributed by atoms with E-state index < -0.39 is 23.8 Å². The maximum atomic E-state index is 13.8. The molecule has 0 aliphatic heterocycles. The van der Waals surface area contributed by atoms with Gasteiger partial charge in [-0.2, -0.15) is 5.10 Å². The molecule has 2 aromatic carbocycles. The van der Waals surface area contributed by atoms with Gasteiger partial charge in [0, 0.05) is 24.5 Å². The molecule has 3 aromatic rings. The van der Waals surface area contributed by atoms with Gasteiger partial charge in [0.2, 0.25) is 0 Å². The van der Waals surface area contributed by atoms with Gasteiger partial charge in [-0.05, 0) is 23.8 Å². The van der Waals surface area contributed by atoms with Crippen LogP contribution in [0.25, 0.3) is 11.1 Å². The van der Waals surface area contributed by atoms with Crippen LogP contribution < -0.4 is 5.32 Å². The van der Waals surface area contributed by atoms with E-state index in [0.29, 0.717) is 16.8 Å². The molecular weight excluding hydrogens is 367 g/mol. The molecule has 0 saturated heterocycles. The lowest BCUT2D eigenvalue weighted by Crippen LogP contribution is -2.14. The van der Waals surface area contributed by atoms with Crippen LogP contribution in [0.1, 0.15) is 22.5 Å². The molecule has 26 heavy (non-hydrogen) atoms. The van der Waals surface area contributed by atoms with Crippen LogP contribution in [0.4, 0.5) is 18.9 Å². The number of halogens is 4. The molecule has 0 radical (unpaired) electrons. The minimum absolute atomic E-state index is 0.0211. The van der Waals surface area contributed by atoms with Gasteiger partial charge >= 0.3 is 0 Å². The Hall–Kier alpha value is -2.80. The summed E-state index contributed by atoms with van der Waals surface area (Å²) < 4.78 is 41.0. The molecule has 0 fully saturated rings. The number of aryl methyl sites for hydroxylation is 1. The molecule has 0 atom stereocenters. The number of para-hydroxylation sites is 1. The zero-order valence-electron chi connectivity index (χ0n) is 13.5. The normalized spacial score (nSPS) is 11.0. The number of carbonyl (C=O) groups excluding carboxylic acids is 1. The fourth-order valence-electron chi connectivity index (χ4n) is 2.54. The highest BCUT2D eigenvalue weighted by molar-refractivity contribution is 6.30. The number of rotatable bonds is 4. The molecule has 0 aliphatic carbocycles. The molecular formula is C18H13ClF3N3O. The Morgan fingerprint density at radius 2 is 1.96 bits per heavy atom. The Kier molecular flexibility index (Phi) is 4.99. The van der Waals surface area contributed by atoms with Crippen LogP contribution in [0.15, 0.2) is 48.7 Å². The molecule has 0 aliphatic rings. The lowest BCUT2D eigenvalue weighted by Gasteiger charge is -2.11. The molecule has 4 nitrogen and oxygen atoms in total. The van der Waals surface area contributed by atoms with Crippen molar-refractivity contribution >= 4 is 23.2 Å². The van der Waals surface area contributed by atoms with Crippen molar-refractivity contribution in [1.82, 2.24) is 9.78 Å². The van der Waals surface area contributed by atoms with E-state index in [1.165, 1.54) is 25.4 Å². The fourth-order valence-corrected chi connectivity index (χ4v) is 2.66. The van der Waals surface area contributed by atoms with Crippen molar-refractivity contribution in [2.75, 3.05) is 5.32 Å². The number of nitrogens with zero attached hydrogens (tertiary/aromatic N) is 2. The predicted molar refractivity (Wildman–Crippen MR) is 93.0 cm³/mol. The average Bonchev–Trinajstić information content (AvgIpc) is 3.00. The van der Waals surface area contributed by atoms with Gasteiger partial charge < -0.3 is 5.32 Å². The number of aromatic nitrogens is 2. The summed E-state index contributed by atoms with van der Waals surface area (Å²) in [5.41, 5.74) is 0.546. The van der Waals surface area contributed by atoms with Crippen molar-refractivity contribution in [3.05, 3.63) is 70.8 Å². The second-order valence-electron chi connectivity index (χ2n) is 5.53. The van der Waals surface area contributed by atoms with Crippen LogP contribution in [-0.4, -0.2) is 15.7 Å². The van der Waals surface area contributed by atoms with Crippen molar-refractivity contribution in [3.8, 4) is 11.1 Å². The zero-order chi connectivity index (χ0) is 18.8. The summed E-state index contributed by atoms with van der Waals surface area (Å²) in [6.45, 7) is 0. The number of hydrogen-bond acceptors (Lipinski definition) is 2. The van der Waals surface area contributed by atoms with Crippen LogP contribution in [0, 0.1) is 5.82 Å². The Morgan fingerprint density at radius 3 is 2.65 bits per heavy atom. The van der Waals surface area contributed by atoms with Crippen molar-refractivity contribution in [2.24, 2.45) is 7.05 Å². The van der Waals surface area contributed by atoms with Crippen molar-refractivity contribution in [3.63, 3.8) is 0 Å². The molecule has 3 rings (SSSR count). The van der Waals surface area contributed by atoms with E-state index in [4.69, 9.17) is 11.6 Å². The molecule has 1 heterocycles. The number of nitrogens with one attached hydrogen (secondary N) is 1. The molecule has 0 bridgehead atoms. The lowest BCUT2D eigenvalue weighted by molar-refractivity contribution is 0.101. The van der Waals surface area contributed by atoms with E-state index in [2.05, 4.69) is 10.4 Å². The van der Waals surface area contributed by atoms with Crippen molar-refractivity contribution in [1.29, 1.82) is 0 Å². The first-order valence-electron chi connectivity index (χ1n) is 7.54. The van der Waals surface area contributed by atoms with Gasteiger partial charge in [-0.1, -0.05) is 35.9 Å². The van der Waals surface area contributed by atoms with E-state index >= 15 is 0 Å². The SMILES string of the molecule is Cn1cc(C(=O)Nc2ccccc2-c2ccc(Cl)c(F)c2)c(C(F)F)n1. The minimum atomic E-state index is -2.88. The van der Waals surface area contributed by atoms with Crippen LogP contribution in [0.2, 0.25) is 5.02 Å². The summed E-state index contributed by atoms with van der Waals surface area (Å²) in [4.78, 5) is 12.5. The maximum absolute atomic E-state index is 13.8. The van der Waals surface area contributed by atoms with Gasteiger partial charge in [-0.25, -0.2) is 13.2 Å². The fraction of sp³-hybridized carbons (Fsp3) is 0.111. The number of alkyl halides is 2. The summed E-state index contributed by atoms with van der Waals surface area (Å²) in [5.74, 6) is -1.33. The summed E-state index contributed by atoms with van der Waals surface area (Å²) >= 11 is 5.70. The Bertz CT molecular complexity index is 972. The number of carbonyl (C=O) groups is 1. The van der Waals surface area contributed by atoms with Crippen molar-refractivity contribution in [2.45, 2.75) is 6.43 Å². The Morgan fingerprint density at radius 1 is 1.23 bits per heavy atom. The largest absolute Gasteiger partial charge is 0.321 e. The topological polar surface area (TPSA) is 46.9 Å². The van der Waals surface area contributed by atoms with E-state index in [9.17, 15) is 18.0 Å². The van der Waals surface area contributed by atoms with E-state index in [1.54, 1.807) is 30.3 Å². The molecule has 0 spiro atoms. The number of benzene rings is 2. The third-order valence-electron chi connectivity index (χ3n) is 3.71. The third-order valence-corrected chi connectivity index (χ3v) is 4.02. The molecule has 1 aromatic heterocycles. The Labute approximate surface area is 152 Å². The van der Waals surface area contributed by atoms with E-state index in [-0.39, 0.29) is 10.6 Å². The van der Waals surface area contributed by atoms with E-state index in [0.717, 1.165) is 4.68 Å². The summed E-state index contributed by atoms with van der Waals surface area (Å²) in [6, 6.07) is 10.9. The second kappa shape index (κ2) is 7.21. The quantitative estimate of drug-likeness (QED) is 0.688. The van der Waals surface area contributed by atoms with Crippen LogP contribution in [0.5, 0.6) is 0 Å². The van der Waals surface area contributed by atoms with E-state index in [1.807, 2.05) is 0 Å². The van der Waals surface area contributed by atoms with Gasteiger partial charge in [0.05, 0.1) is 10.6 Å². The number of anilines is 1. The van der Waals surface area contributed by atoms with Crippen LogP contribution in [-0.2, 0) is 7.05 Å². The first-order valence-corrected chi connectivity index (χ1v) is 7.92. The highest BCUT2D eigenvalue weighted by Crippen LogP contribution is 2.31. The molecule has 1 N–H and O–H groups in total. The maximum Gasteiger partial charge on any atom is 0.282 e. The van der Waals surface area contributed by atoms with Gasteiger partial charge in [-0.15, -0.1) is 0 Å². The predicted octanol–water partition coefficient (Wildman–Crippen LogP) is 5.07. The van der Waals surface area contributed by atoms with Gasteiger partial charge in [0.15, 0.2) is 0 Å². The molecule has 0 unspecified atom stereocenters. The molecule has 0 saturated carbocycles. The van der Waals surface area contributed by atoms with Crippen LogP contribution >= 0.6 is 11.6 Å². The summed E-state index contributed by atoms with van der Waals surface area (Å²) in [6.07, 6.45) is -1.65. The Balaban J connectivity index is 1.96. The van der Waals surface area contributed by atoms with Crippen molar-refractivity contribution < 1.29 is 18.0 Å². The second-order valence-corrected chi connectivity index (χ2v) is 5.94. The first-order chi connectivity index (χ1) is 12.4. The zero-order valence-corrected chi connectivity index (χ0v) is 14.3. The minimum Gasteiger partial charge on any atom is -0.321 e. The van der Waals surface area contributed by atoms with Crippen LogP contribution in [0.3, 0.4) is 0 Å². The number of hydrogen-bond donors (Lipinski definition) is 1. The standard InChI is InChI=1S/C18H13ClF3N3O/c1-25-9-12(16(24-25)17(21)22)18(26)23-15-5-3-2-4-11(15)10-6-7-13(19)14(20)8-10/h2-9,17H,1H3,(H,23,26).